The van der Waals surface area contributed by atoms with E-state index in [1.165, 1.54) is 0 Å². The van der Waals surface area contributed by atoms with E-state index in [9.17, 15) is 0 Å². The van der Waals surface area contributed by atoms with Crippen LogP contribution in [0.15, 0.2) is 58.3 Å². The number of nitrogens with zero attached hydrogens (tertiary/aromatic N) is 6. The van der Waals surface area contributed by atoms with Gasteiger partial charge < -0.3 is 9.26 Å². The predicted molar refractivity (Wildman–Crippen MR) is 112 cm³/mol. The van der Waals surface area contributed by atoms with Crippen LogP contribution in [0.4, 0.5) is 0 Å². The van der Waals surface area contributed by atoms with Crippen molar-refractivity contribution in [3.8, 4) is 28.7 Å². The fourth-order valence-corrected chi connectivity index (χ4v) is 4.13. The van der Waals surface area contributed by atoms with Gasteiger partial charge in [0.05, 0.1) is 12.4 Å². The average molecular weight is 420 g/mol. The lowest BCUT2D eigenvalue weighted by molar-refractivity contribution is 0.412. The Labute approximate surface area is 177 Å². The Morgan fingerprint density at radius 2 is 2.07 bits per heavy atom. The van der Waals surface area contributed by atoms with E-state index >= 15 is 0 Å². The van der Waals surface area contributed by atoms with Crippen LogP contribution in [0.25, 0.3) is 23.0 Å². The maximum atomic E-state index is 5.49. The van der Waals surface area contributed by atoms with Gasteiger partial charge in [0.1, 0.15) is 11.4 Å². The van der Waals surface area contributed by atoms with Crippen molar-refractivity contribution in [3.63, 3.8) is 0 Å². The Kier molecular flexibility index (Phi) is 4.96. The van der Waals surface area contributed by atoms with E-state index in [4.69, 9.17) is 9.26 Å². The van der Waals surface area contributed by atoms with E-state index in [0.717, 1.165) is 40.8 Å². The van der Waals surface area contributed by atoms with Crippen LogP contribution >= 0.6 is 11.8 Å². The summed E-state index contributed by atoms with van der Waals surface area (Å²) in [5.41, 5.74) is 1.65. The highest BCUT2D eigenvalue weighted by molar-refractivity contribution is 7.99. The van der Waals surface area contributed by atoms with Gasteiger partial charge in [0.25, 0.3) is 5.89 Å². The molecule has 9 heteroatoms. The van der Waals surface area contributed by atoms with Crippen molar-refractivity contribution in [3.05, 3.63) is 54.5 Å². The number of pyridine rings is 1. The number of benzene rings is 1. The van der Waals surface area contributed by atoms with E-state index < -0.39 is 0 Å². The largest absolute Gasteiger partial charge is 0.497 e. The molecular weight excluding hydrogens is 400 g/mol. The van der Waals surface area contributed by atoms with Gasteiger partial charge in [-0.25, -0.2) is 0 Å². The molecule has 3 heterocycles. The maximum Gasteiger partial charge on any atom is 0.258 e. The molecule has 0 N–H and O–H groups in total. The Balaban J connectivity index is 1.39. The Morgan fingerprint density at radius 3 is 2.83 bits per heavy atom. The molecule has 0 radical (unpaired) electrons. The molecule has 1 aromatic carbocycles. The molecule has 5 rings (SSSR count). The number of methoxy groups -OCH3 is 1. The smallest absolute Gasteiger partial charge is 0.258 e. The van der Waals surface area contributed by atoms with E-state index in [1.807, 2.05) is 49.4 Å². The molecule has 1 atom stereocenters. The summed E-state index contributed by atoms with van der Waals surface area (Å²) in [6.07, 6.45) is 4.03. The number of ether oxygens (including phenoxy) is 1. The summed E-state index contributed by atoms with van der Waals surface area (Å²) >= 11 is 1.58. The number of rotatable bonds is 7. The van der Waals surface area contributed by atoms with Gasteiger partial charge >= 0.3 is 0 Å². The minimum Gasteiger partial charge on any atom is -0.497 e. The molecule has 3 aromatic heterocycles. The third-order valence-corrected chi connectivity index (χ3v) is 5.93. The summed E-state index contributed by atoms with van der Waals surface area (Å²) in [5, 5.41) is 13.8. The molecule has 4 aromatic rings. The van der Waals surface area contributed by atoms with Gasteiger partial charge in [0.15, 0.2) is 16.8 Å². The molecule has 152 valence electrons. The predicted octanol–water partition coefficient (Wildman–Crippen LogP) is 4.59. The molecule has 1 saturated carbocycles. The van der Waals surface area contributed by atoms with Crippen molar-refractivity contribution in [1.29, 1.82) is 0 Å². The summed E-state index contributed by atoms with van der Waals surface area (Å²) in [6.45, 7) is 2.04. The normalized spacial score (nSPS) is 14.6. The van der Waals surface area contributed by atoms with E-state index in [2.05, 4.69) is 29.9 Å². The summed E-state index contributed by atoms with van der Waals surface area (Å²) in [5.74, 6) is 2.63. The van der Waals surface area contributed by atoms with Crippen molar-refractivity contribution >= 4 is 11.8 Å². The van der Waals surface area contributed by atoms with Crippen LogP contribution in [0.2, 0.25) is 0 Å². The lowest BCUT2D eigenvalue weighted by Gasteiger charge is -2.10. The molecule has 0 spiro atoms. The van der Waals surface area contributed by atoms with Gasteiger partial charge in [0, 0.05) is 17.8 Å². The molecular formula is C21H20N6O2S. The maximum absolute atomic E-state index is 5.49. The van der Waals surface area contributed by atoms with Crippen molar-refractivity contribution in [1.82, 2.24) is 29.9 Å². The van der Waals surface area contributed by atoms with Crippen molar-refractivity contribution < 1.29 is 9.26 Å². The van der Waals surface area contributed by atoms with E-state index in [-0.39, 0.29) is 5.25 Å². The first-order valence-corrected chi connectivity index (χ1v) is 10.6. The summed E-state index contributed by atoms with van der Waals surface area (Å²) < 4.78 is 13.0. The second-order valence-electron chi connectivity index (χ2n) is 7.07. The van der Waals surface area contributed by atoms with Crippen LogP contribution in [-0.4, -0.2) is 37.0 Å². The summed E-state index contributed by atoms with van der Waals surface area (Å²) in [7, 11) is 1.63. The highest BCUT2D eigenvalue weighted by Gasteiger charge is 2.31. The van der Waals surface area contributed by atoms with Gasteiger partial charge in [0.2, 0.25) is 0 Å². The van der Waals surface area contributed by atoms with Crippen LogP contribution in [0, 0.1) is 0 Å². The molecule has 0 bridgehead atoms. The first-order chi connectivity index (χ1) is 14.7. The number of aromatic nitrogens is 6. The molecule has 1 fully saturated rings. The highest BCUT2D eigenvalue weighted by atomic mass is 32.2. The van der Waals surface area contributed by atoms with Crippen LogP contribution in [-0.2, 0) is 0 Å². The number of hydrogen-bond acceptors (Lipinski definition) is 8. The van der Waals surface area contributed by atoms with Gasteiger partial charge in [-0.3, -0.25) is 9.55 Å². The first kappa shape index (κ1) is 18.8. The second-order valence-corrected chi connectivity index (χ2v) is 8.38. The molecule has 30 heavy (non-hydrogen) atoms. The lowest BCUT2D eigenvalue weighted by Crippen LogP contribution is -2.02. The van der Waals surface area contributed by atoms with Gasteiger partial charge in [-0.1, -0.05) is 29.1 Å². The molecule has 0 aliphatic heterocycles. The Bertz CT molecular complexity index is 1160. The van der Waals surface area contributed by atoms with Gasteiger partial charge in [-0.15, -0.1) is 10.2 Å². The van der Waals surface area contributed by atoms with Gasteiger partial charge in [-0.2, -0.15) is 4.98 Å². The molecule has 1 unspecified atom stereocenters. The van der Waals surface area contributed by atoms with E-state index in [0.29, 0.717) is 17.8 Å². The zero-order valence-corrected chi connectivity index (χ0v) is 17.4. The molecule has 1 aliphatic rings. The molecule has 0 amide bonds. The summed E-state index contributed by atoms with van der Waals surface area (Å²) in [4.78, 5) is 9.02. The zero-order valence-electron chi connectivity index (χ0n) is 16.6. The second kappa shape index (κ2) is 7.91. The number of hydrogen-bond donors (Lipinski definition) is 0. The topological polar surface area (TPSA) is 91.8 Å². The van der Waals surface area contributed by atoms with Crippen LogP contribution in [0.1, 0.15) is 36.9 Å². The molecule has 1 aliphatic carbocycles. The Hall–Kier alpha value is -3.20. The van der Waals surface area contributed by atoms with Crippen molar-refractivity contribution in [2.75, 3.05) is 7.11 Å². The van der Waals surface area contributed by atoms with Crippen LogP contribution < -0.4 is 4.74 Å². The Morgan fingerprint density at radius 1 is 1.17 bits per heavy atom. The van der Waals surface area contributed by atoms with Gasteiger partial charge in [-0.05, 0) is 50.1 Å². The van der Waals surface area contributed by atoms with Crippen molar-refractivity contribution in [2.45, 2.75) is 36.2 Å². The quantitative estimate of drug-likeness (QED) is 0.401. The first-order valence-electron chi connectivity index (χ1n) is 9.74. The van der Waals surface area contributed by atoms with E-state index in [1.54, 1.807) is 25.1 Å². The summed E-state index contributed by atoms with van der Waals surface area (Å²) in [6, 6.07) is 13.8. The fourth-order valence-electron chi connectivity index (χ4n) is 3.17. The molecule has 0 saturated heterocycles. The standard InChI is InChI=1S/C21H20N6O2S/c1-13(18-23-20(29-26-18)14-6-5-7-16(12-14)28-2)30-21-25-24-19(27(21)15-9-10-15)17-8-3-4-11-22-17/h3-8,11-13,15H,9-10H2,1-2H3. The third-order valence-electron chi connectivity index (χ3n) is 4.87. The lowest BCUT2D eigenvalue weighted by atomic mass is 10.2. The average Bonchev–Trinajstić information content (AvgIpc) is 3.34. The SMILES string of the molecule is COc1cccc(-c2nc(C(C)Sc3nnc(-c4ccccn4)n3C3CC3)no2)c1. The van der Waals surface area contributed by atoms with Crippen LogP contribution in [0.3, 0.4) is 0 Å². The highest BCUT2D eigenvalue weighted by Crippen LogP contribution is 2.43. The third kappa shape index (κ3) is 3.68. The zero-order chi connectivity index (χ0) is 20.5. The molecule has 8 nitrogen and oxygen atoms in total. The fraction of sp³-hybridized carbons (Fsp3) is 0.286. The van der Waals surface area contributed by atoms with Crippen molar-refractivity contribution in [2.24, 2.45) is 0 Å². The minimum atomic E-state index is -0.0496. The minimum absolute atomic E-state index is 0.0496. The number of thioether (sulfide) groups is 1. The monoisotopic (exact) mass is 420 g/mol. The van der Waals surface area contributed by atoms with Crippen LogP contribution in [0.5, 0.6) is 5.75 Å².